The van der Waals surface area contributed by atoms with E-state index in [4.69, 9.17) is 5.73 Å². The second-order valence-corrected chi connectivity index (χ2v) is 4.80. The fraction of sp³-hybridized carbons (Fsp3) is 0.429. The average molecular weight is 232 g/mol. The van der Waals surface area contributed by atoms with Crippen LogP contribution in [0.5, 0.6) is 0 Å². The average Bonchev–Trinajstić information content (AvgIpc) is 2.51. The van der Waals surface area contributed by atoms with Gasteiger partial charge >= 0.3 is 0 Å². The zero-order chi connectivity index (χ0) is 11.5. The highest BCUT2D eigenvalue weighted by Crippen LogP contribution is 2.04. The summed E-state index contributed by atoms with van der Waals surface area (Å²) >= 11 is 0. The lowest BCUT2D eigenvalue weighted by molar-refractivity contribution is -0.118. The van der Waals surface area contributed by atoms with Gasteiger partial charge in [0.2, 0.25) is 5.91 Å². The Hall–Kier alpha value is -1.41. The molecular formula is C7H12N4O3S. The monoisotopic (exact) mass is 232 g/mol. The summed E-state index contributed by atoms with van der Waals surface area (Å²) in [6, 6.07) is 0.773. The molecule has 0 spiro atoms. The molecule has 8 heteroatoms. The first-order valence-corrected chi connectivity index (χ1v) is 5.70. The van der Waals surface area contributed by atoms with Crippen molar-refractivity contribution in [2.24, 2.45) is 5.73 Å². The number of hydrogen-bond acceptors (Lipinski definition) is 4. The SMILES string of the molecule is CC(CC(N)=O)NS(=O)(=O)c1ccn[nH]1. The number of rotatable bonds is 5. The zero-order valence-electron chi connectivity index (χ0n) is 8.10. The first kappa shape index (κ1) is 11.7. The van der Waals surface area contributed by atoms with Gasteiger partial charge in [-0.3, -0.25) is 9.89 Å². The van der Waals surface area contributed by atoms with Crippen LogP contribution in [0.2, 0.25) is 0 Å². The zero-order valence-corrected chi connectivity index (χ0v) is 8.91. The topological polar surface area (TPSA) is 118 Å². The van der Waals surface area contributed by atoms with Crippen molar-refractivity contribution in [3.05, 3.63) is 12.3 Å². The second kappa shape index (κ2) is 4.41. The van der Waals surface area contributed by atoms with Crippen LogP contribution >= 0.6 is 0 Å². The number of hydrogen-bond donors (Lipinski definition) is 3. The van der Waals surface area contributed by atoms with Crippen LogP contribution in [0.1, 0.15) is 13.3 Å². The van der Waals surface area contributed by atoms with Crippen LogP contribution in [-0.4, -0.2) is 30.6 Å². The molecule has 1 amide bonds. The molecule has 84 valence electrons. The van der Waals surface area contributed by atoms with Gasteiger partial charge in [0, 0.05) is 12.5 Å². The highest BCUT2D eigenvalue weighted by Gasteiger charge is 2.19. The summed E-state index contributed by atoms with van der Waals surface area (Å²) in [6.07, 6.45) is 1.28. The van der Waals surface area contributed by atoms with Crippen LogP contribution in [0.3, 0.4) is 0 Å². The summed E-state index contributed by atoms with van der Waals surface area (Å²) in [5.41, 5.74) is 4.94. The second-order valence-electron chi connectivity index (χ2n) is 3.11. The van der Waals surface area contributed by atoms with E-state index in [-0.39, 0.29) is 11.4 Å². The van der Waals surface area contributed by atoms with E-state index in [9.17, 15) is 13.2 Å². The number of nitrogens with zero attached hydrogens (tertiary/aromatic N) is 1. The number of carbonyl (C=O) groups excluding carboxylic acids is 1. The van der Waals surface area contributed by atoms with E-state index in [1.54, 1.807) is 6.92 Å². The first-order valence-electron chi connectivity index (χ1n) is 4.22. The number of nitrogens with two attached hydrogens (primary N) is 1. The molecule has 0 aromatic carbocycles. The van der Waals surface area contributed by atoms with Gasteiger partial charge in [0.15, 0.2) is 5.03 Å². The molecule has 7 nitrogen and oxygen atoms in total. The molecule has 1 aromatic rings. The molecular weight excluding hydrogens is 220 g/mol. The van der Waals surface area contributed by atoms with Gasteiger partial charge in [-0.1, -0.05) is 0 Å². The predicted molar refractivity (Wildman–Crippen MR) is 52.2 cm³/mol. The van der Waals surface area contributed by atoms with E-state index in [0.717, 1.165) is 0 Å². The van der Waals surface area contributed by atoms with E-state index in [2.05, 4.69) is 14.9 Å². The molecule has 0 bridgehead atoms. The van der Waals surface area contributed by atoms with Crippen molar-refractivity contribution in [1.82, 2.24) is 14.9 Å². The molecule has 0 fully saturated rings. The largest absolute Gasteiger partial charge is 0.370 e. The minimum Gasteiger partial charge on any atom is -0.370 e. The third-order valence-corrected chi connectivity index (χ3v) is 3.15. The van der Waals surface area contributed by atoms with E-state index >= 15 is 0 Å². The lowest BCUT2D eigenvalue weighted by Gasteiger charge is -2.10. The van der Waals surface area contributed by atoms with Crippen LogP contribution in [0.25, 0.3) is 0 Å². The number of aromatic nitrogens is 2. The molecule has 0 aliphatic carbocycles. The molecule has 0 aliphatic rings. The van der Waals surface area contributed by atoms with Gasteiger partial charge in [-0.2, -0.15) is 5.10 Å². The van der Waals surface area contributed by atoms with E-state index in [1.807, 2.05) is 0 Å². The smallest absolute Gasteiger partial charge is 0.257 e. The molecule has 1 atom stereocenters. The highest BCUT2D eigenvalue weighted by molar-refractivity contribution is 7.89. The molecule has 0 saturated carbocycles. The van der Waals surface area contributed by atoms with Crippen molar-refractivity contribution >= 4 is 15.9 Å². The van der Waals surface area contributed by atoms with Gasteiger partial charge in [0.25, 0.3) is 10.0 Å². The number of H-pyrrole nitrogens is 1. The molecule has 1 unspecified atom stereocenters. The third kappa shape index (κ3) is 3.33. The van der Waals surface area contributed by atoms with Gasteiger partial charge in [-0.25, -0.2) is 13.1 Å². The Balaban J connectivity index is 2.69. The minimum atomic E-state index is -3.64. The van der Waals surface area contributed by atoms with Crippen LogP contribution in [0.15, 0.2) is 17.3 Å². The Kier molecular flexibility index (Phi) is 3.43. The number of carbonyl (C=O) groups is 1. The third-order valence-electron chi connectivity index (χ3n) is 1.63. The van der Waals surface area contributed by atoms with Crippen molar-refractivity contribution in [3.8, 4) is 0 Å². The van der Waals surface area contributed by atoms with Crippen molar-refractivity contribution in [1.29, 1.82) is 0 Å². The van der Waals surface area contributed by atoms with Crippen molar-refractivity contribution in [2.45, 2.75) is 24.4 Å². The molecule has 0 saturated heterocycles. The number of amides is 1. The summed E-state index contributed by atoms with van der Waals surface area (Å²) in [4.78, 5) is 10.5. The fourth-order valence-corrected chi connectivity index (χ4v) is 2.22. The Morgan fingerprint density at radius 3 is 2.87 bits per heavy atom. The standard InChI is InChI=1S/C7H12N4O3S/c1-5(4-6(8)12)11-15(13,14)7-2-3-9-10-7/h2-3,5,11H,4H2,1H3,(H2,8,12)(H,9,10). The van der Waals surface area contributed by atoms with Gasteiger partial charge in [-0.05, 0) is 13.0 Å². The normalized spacial score (nSPS) is 13.7. The Labute approximate surface area is 87.1 Å². The number of sulfonamides is 1. The molecule has 1 heterocycles. The Bertz CT molecular complexity index is 425. The quantitative estimate of drug-likeness (QED) is 0.600. The molecule has 15 heavy (non-hydrogen) atoms. The van der Waals surface area contributed by atoms with Gasteiger partial charge < -0.3 is 5.73 Å². The molecule has 0 aliphatic heterocycles. The Morgan fingerprint density at radius 2 is 2.40 bits per heavy atom. The Morgan fingerprint density at radius 1 is 1.73 bits per heavy atom. The van der Waals surface area contributed by atoms with Gasteiger partial charge in [0.1, 0.15) is 0 Å². The van der Waals surface area contributed by atoms with Crippen LogP contribution in [0, 0.1) is 0 Å². The lowest BCUT2D eigenvalue weighted by atomic mass is 10.2. The highest BCUT2D eigenvalue weighted by atomic mass is 32.2. The maximum Gasteiger partial charge on any atom is 0.257 e. The van der Waals surface area contributed by atoms with E-state index in [1.165, 1.54) is 12.3 Å². The molecule has 0 radical (unpaired) electrons. The van der Waals surface area contributed by atoms with Crippen LogP contribution < -0.4 is 10.5 Å². The van der Waals surface area contributed by atoms with Crippen molar-refractivity contribution in [3.63, 3.8) is 0 Å². The van der Waals surface area contributed by atoms with Gasteiger partial charge in [-0.15, -0.1) is 0 Å². The summed E-state index contributed by atoms with van der Waals surface area (Å²) in [5.74, 6) is -0.560. The number of aromatic amines is 1. The fourth-order valence-electron chi connectivity index (χ4n) is 1.06. The molecule has 1 rings (SSSR count). The maximum atomic E-state index is 11.6. The number of nitrogens with one attached hydrogen (secondary N) is 2. The first-order chi connectivity index (χ1) is 6.92. The predicted octanol–water partition coefficient (Wildman–Crippen LogP) is -1.05. The summed E-state index contributed by atoms with van der Waals surface area (Å²) < 4.78 is 25.4. The summed E-state index contributed by atoms with van der Waals surface area (Å²) in [7, 11) is -3.64. The van der Waals surface area contributed by atoms with Crippen LogP contribution in [0.4, 0.5) is 0 Å². The van der Waals surface area contributed by atoms with Crippen LogP contribution in [-0.2, 0) is 14.8 Å². The number of primary amides is 1. The summed E-state index contributed by atoms with van der Waals surface area (Å²) in [6.45, 7) is 1.55. The van der Waals surface area contributed by atoms with Crippen molar-refractivity contribution in [2.75, 3.05) is 0 Å². The molecule has 4 N–H and O–H groups in total. The summed E-state index contributed by atoms with van der Waals surface area (Å²) in [5, 5.41) is 5.80. The van der Waals surface area contributed by atoms with E-state index in [0.29, 0.717) is 0 Å². The maximum absolute atomic E-state index is 11.6. The van der Waals surface area contributed by atoms with Crippen molar-refractivity contribution < 1.29 is 13.2 Å². The lowest BCUT2D eigenvalue weighted by Crippen LogP contribution is -2.35. The minimum absolute atomic E-state index is 0.0428. The molecule has 1 aromatic heterocycles. The van der Waals surface area contributed by atoms with E-state index < -0.39 is 22.0 Å². The van der Waals surface area contributed by atoms with Gasteiger partial charge in [0.05, 0.1) is 6.20 Å².